The largest absolute Gasteiger partial charge is 0.496 e. The average molecular weight is 358 g/mol. The summed E-state index contributed by atoms with van der Waals surface area (Å²) in [5.41, 5.74) is 1.65. The summed E-state index contributed by atoms with van der Waals surface area (Å²) in [6.45, 7) is 0.300. The van der Waals surface area contributed by atoms with E-state index >= 15 is 0 Å². The average Bonchev–Trinajstić information content (AvgIpc) is 2.46. The standard InChI is InChI=1S/C15H14BrClO3/c1-19-15-5-2-12(17)6-11(15)9-20-13-3-4-14(16)10(7-13)8-18/h2-7,18H,8-9H2,1H3. The molecular formula is C15H14BrClO3. The van der Waals surface area contributed by atoms with E-state index < -0.39 is 0 Å². The van der Waals surface area contributed by atoms with Gasteiger partial charge in [-0.05, 0) is 42.0 Å². The van der Waals surface area contributed by atoms with E-state index in [1.807, 2.05) is 24.3 Å². The lowest BCUT2D eigenvalue weighted by Crippen LogP contribution is -1.99. The molecule has 0 radical (unpaired) electrons. The zero-order valence-corrected chi connectivity index (χ0v) is 13.2. The van der Waals surface area contributed by atoms with Gasteiger partial charge in [-0.3, -0.25) is 0 Å². The number of halogens is 2. The van der Waals surface area contributed by atoms with Gasteiger partial charge in [0.2, 0.25) is 0 Å². The SMILES string of the molecule is COc1ccc(Cl)cc1COc1ccc(Br)c(CO)c1. The molecule has 0 aromatic heterocycles. The number of benzene rings is 2. The van der Waals surface area contributed by atoms with Gasteiger partial charge in [0.25, 0.3) is 0 Å². The molecule has 0 saturated carbocycles. The molecule has 0 fully saturated rings. The Morgan fingerprint density at radius 3 is 2.65 bits per heavy atom. The van der Waals surface area contributed by atoms with E-state index in [2.05, 4.69) is 15.9 Å². The van der Waals surface area contributed by atoms with E-state index in [9.17, 15) is 5.11 Å². The molecule has 1 N–H and O–H groups in total. The van der Waals surface area contributed by atoms with Crippen molar-refractivity contribution in [1.29, 1.82) is 0 Å². The monoisotopic (exact) mass is 356 g/mol. The predicted molar refractivity (Wildman–Crippen MR) is 82.4 cm³/mol. The van der Waals surface area contributed by atoms with Crippen LogP contribution in [0.5, 0.6) is 11.5 Å². The fourth-order valence-corrected chi connectivity index (χ4v) is 2.35. The minimum atomic E-state index is -0.0434. The van der Waals surface area contributed by atoms with Crippen LogP contribution >= 0.6 is 27.5 Å². The van der Waals surface area contributed by atoms with Gasteiger partial charge in [-0.1, -0.05) is 27.5 Å². The molecule has 2 aromatic carbocycles. The zero-order chi connectivity index (χ0) is 14.5. The summed E-state index contributed by atoms with van der Waals surface area (Å²) in [5.74, 6) is 1.41. The van der Waals surface area contributed by atoms with Crippen molar-refractivity contribution >= 4 is 27.5 Å². The lowest BCUT2D eigenvalue weighted by Gasteiger charge is -2.12. The van der Waals surface area contributed by atoms with Crippen molar-refractivity contribution in [3.05, 3.63) is 57.0 Å². The summed E-state index contributed by atoms with van der Waals surface area (Å²) in [4.78, 5) is 0. The highest BCUT2D eigenvalue weighted by Crippen LogP contribution is 2.26. The summed E-state index contributed by atoms with van der Waals surface area (Å²) in [6.07, 6.45) is 0. The molecule has 106 valence electrons. The Morgan fingerprint density at radius 1 is 1.15 bits per heavy atom. The zero-order valence-electron chi connectivity index (χ0n) is 10.9. The molecular weight excluding hydrogens is 344 g/mol. The Morgan fingerprint density at radius 2 is 1.95 bits per heavy atom. The topological polar surface area (TPSA) is 38.7 Å². The number of hydrogen-bond acceptors (Lipinski definition) is 3. The summed E-state index contributed by atoms with van der Waals surface area (Å²) >= 11 is 9.34. The molecule has 20 heavy (non-hydrogen) atoms. The molecule has 2 aromatic rings. The van der Waals surface area contributed by atoms with Crippen LogP contribution in [0.1, 0.15) is 11.1 Å². The third-order valence-electron chi connectivity index (χ3n) is 2.82. The van der Waals surface area contributed by atoms with Crippen LogP contribution in [0.15, 0.2) is 40.9 Å². The molecule has 0 bridgehead atoms. The summed E-state index contributed by atoms with van der Waals surface area (Å²) in [7, 11) is 1.61. The Labute approximate surface area is 131 Å². The van der Waals surface area contributed by atoms with Crippen LogP contribution in [0.2, 0.25) is 5.02 Å². The summed E-state index contributed by atoms with van der Waals surface area (Å²) in [5, 5.41) is 9.86. The van der Waals surface area contributed by atoms with Crippen molar-refractivity contribution < 1.29 is 14.6 Å². The molecule has 5 heteroatoms. The van der Waals surface area contributed by atoms with Gasteiger partial charge < -0.3 is 14.6 Å². The fourth-order valence-electron chi connectivity index (χ4n) is 1.78. The molecule has 0 aliphatic rings. The van der Waals surface area contributed by atoms with Crippen LogP contribution in [-0.2, 0) is 13.2 Å². The summed E-state index contributed by atoms with van der Waals surface area (Å²) < 4.78 is 11.8. The van der Waals surface area contributed by atoms with Crippen LogP contribution in [0.4, 0.5) is 0 Å². The van der Waals surface area contributed by atoms with E-state index in [4.69, 9.17) is 21.1 Å². The van der Waals surface area contributed by atoms with Crippen LogP contribution < -0.4 is 9.47 Å². The minimum Gasteiger partial charge on any atom is -0.496 e. The van der Waals surface area contributed by atoms with E-state index in [0.29, 0.717) is 17.4 Å². The van der Waals surface area contributed by atoms with Gasteiger partial charge in [-0.15, -0.1) is 0 Å². The quantitative estimate of drug-likeness (QED) is 0.872. The second-order valence-electron chi connectivity index (χ2n) is 4.16. The smallest absolute Gasteiger partial charge is 0.125 e. The van der Waals surface area contributed by atoms with E-state index in [1.165, 1.54) is 0 Å². The second kappa shape index (κ2) is 6.97. The first kappa shape index (κ1) is 15.2. The third-order valence-corrected chi connectivity index (χ3v) is 3.83. The number of rotatable bonds is 5. The van der Waals surface area contributed by atoms with Gasteiger partial charge in [-0.2, -0.15) is 0 Å². The molecule has 2 rings (SSSR count). The number of methoxy groups -OCH3 is 1. The first-order chi connectivity index (χ1) is 9.63. The van der Waals surface area contributed by atoms with Crippen molar-refractivity contribution in [2.45, 2.75) is 13.2 Å². The van der Waals surface area contributed by atoms with Gasteiger partial charge in [0.15, 0.2) is 0 Å². The first-order valence-corrected chi connectivity index (χ1v) is 7.15. The van der Waals surface area contributed by atoms with Crippen LogP contribution in [0.3, 0.4) is 0 Å². The van der Waals surface area contributed by atoms with Crippen molar-refractivity contribution in [3.63, 3.8) is 0 Å². The fraction of sp³-hybridized carbons (Fsp3) is 0.200. The van der Waals surface area contributed by atoms with Gasteiger partial charge in [0.1, 0.15) is 18.1 Å². The number of aliphatic hydroxyl groups excluding tert-OH is 1. The molecule has 0 spiro atoms. The van der Waals surface area contributed by atoms with Gasteiger partial charge in [0.05, 0.1) is 13.7 Å². The maximum atomic E-state index is 9.22. The van der Waals surface area contributed by atoms with E-state index in [-0.39, 0.29) is 6.61 Å². The summed E-state index contributed by atoms with van der Waals surface area (Å²) in [6, 6.07) is 10.9. The third kappa shape index (κ3) is 3.66. The molecule has 3 nitrogen and oxygen atoms in total. The van der Waals surface area contributed by atoms with Crippen molar-refractivity contribution in [2.24, 2.45) is 0 Å². The van der Waals surface area contributed by atoms with Crippen molar-refractivity contribution in [1.82, 2.24) is 0 Å². The number of hydrogen-bond donors (Lipinski definition) is 1. The molecule has 0 atom stereocenters. The van der Waals surface area contributed by atoms with Crippen LogP contribution in [0.25, 0.3) is 0 Å². The molecule has 0 unspecified atom stereocenters. The van der Waals surface area contributed by atoms with Gasteiger partial charge in [0, 0.05) is 15.1 Å². The highest BCUT2D eigenvalue weighted by atomic mass is 79.9. The second-order valence-corrected chi connectivity index (χ2v) is 5.45. The maximum absolute atomic E-state index is 9.22. The highest BCUT2D eigenvalue weighted by Gasteiger charge is 2.06. The lowest BCUT2D eigenvalue weighted by molar-refractivity contribution is 0.276. The van der Waals surface area contributed by atoms with Crippen LogP contribution in [-0.4, -0.2) is 12.2 Å². The number of ether oxygens (including phenoxy) is 2. The lowest BCUT2D eigenvalue weighted by atomic mass is 10.2. The normalized spacial score (nSPS) is 10.4. The highest BCUT2D eigenvalue weighted by molar-refractivity contribution is 9.10. The Bertz CT molecular complexity index is 602. The van der Waals surface area contributed by atoms with Gasteiger partial charge >= 0.3 is 0 Å². The van der Waals surface area contributed by atoms with Crippen LogP contribution in [0, 0.1) is 0 Å². The maximum Gasteiger partial charge on any atom is 0.125 e. The van der Waals surface area contributed by atoms with E-state index in [1.54, 1.807) is 19.2 Å². The first-order valence-electron chi connectivity index (χ1n) is 5.98. The Kier molecular flexibility index (Phi) is 5.29. The van der Waals surface area contributed by atoms with Crippen molar-refractivity contribution in [3.8, 4) is 11.5 Å². The Hall–Kier alpha value is -1.23. The molecule has 0 aliphatic heterocycles. The Balaban J connectivity index is 2.14. The van der Waals surface area contributed by atoms with Gasteiger partial charge in [-0.25, -0.2) is 0 Å². The number of aliphatic hydroxyl groups is 1. The molecule has 0 heterocycles. The van der Waals surface area contributed by atoms with Crippen molar-refractivity contribution in [2.75, 3.05) is 7.11 Å². The minimum absolute atomic E-state index is 0.0434. The molecule has 0 aliphatic carbocycles. The molecule has 0 amide bonds. The van der Waals surface area contributed by atoms with E-state index in [0.717, 1.165) is 21.3 Å². The predicted octanol–water partition coefficient (Wildman–Crippen LogP) is 4.18. The molecule has 0 saturated heterocycles.